The summed E-state index contributed by atoms with van der Waals surface area (Å²) < 4.78 is 22.1. The molecule has 2 aliphatic rings. The zero-order valence-corrected chi connectivity index (χ0v) is 15.6. The van der Waals surface area contributed by atoms with E-state index in [-0.39, 0.29) is 6.02 Å². The maximum absolute atomic E-state index is 5.89. The third-order valence-corrected chi connectivity index (χ3v) is 4.61. The summed E-state index contributed by atoms with van der Waals surface area (Å²) in [7, 11) is 1.62. The third kappa shape index (κ3) is 3.65. The van der Waals surface area contributed by atoms with Gasteiger partial charge >= 0.3 is 0 Å². The molecule has 1 aromatic carbocycles. The maximum Gasteiger partial charge on any atom is 0.283 e. The number of aromatic nitrogens is 1. The first kappa shape index (κ1) is 18.3. The lowest BCUT2D eigenvalue weighted by Crippen LogP contribution is -2.34. The lowest BCUT2D eigenvalue weighted by Gasteiger charge is -2.29. The number of aliphatic imine (C=N–C) groups is 1. The number of methoxy groups -OCH3 is 1. The van der Waals surface area contributed by atoms with E-state index in [0.29, 0.717) is 33.0 Å². The van der Waals surface area contributed by atoms with E-state index < -0.39 is 5.54 Å². The third-order valence-electron chi connectivity index (χ3n) is 4.61. The molecule has 1 atom stereocenters. The van der Waals surface area contributed by atoms with Crippen LogP contribution in [0.5, 0.6) is 5.75 Å². The molecule has 0 amide bonds. The van der Waals surface area contributed by atoms with Crippen LogP contribution in [0.1, 0.15) is 11.1 Å². The molecule has 7 nitrogen and oxygen atoms in total. The Balaban J connectivity index is 1.75. The SMILES string of the molecule is COCC#Cc1cncc(-c2ccc3c(c2)C2(COCCO3)COC(N)=N2)c1. The number of pyridine rings is 1. The fourth-order valence-electron chi connectivity index (χ4n) is 3.29. The van der Waals surface area contributed by atoms with E-state index in [2.05, 4.69) is 21.8 Å². The molecule has 144 valence electrons. The normalized spacial score (nSPS) is 20.7. The van der Waals surface area contributed by atoms with Crippen molar-refractivity contribution in [2.45, 2.75) is 5.54 Å². The molecule has 3 heterocycles. The number of hydrogen-bond acceptors (Lipinski definition) is 7. The maximum atomic E-state index is 5.89. The van der Waals surface area contributed by atoms with Crippen molar-refractivity contribution in [2.24, 2.45) is 10.7 Å². The second-order valence-electron chi connectivity index (χ2n) is 6.58. The quantitative estimate of drug-likeness (QED) is 0.799. The van der Waals surface area contributed by atoms with Crippen molar-refractivity contribution < 1.29 is 18.9 Å². The largest absolute Gasteiger partial charge is 0.491 e. The molecule has 1 aromatic heterocycles. The number of nitrogens with zero attached hydrogens (tertiary/aromatic N) is 2. The molecule has 1 unspecified atom stereocenters. The van der Waals surface area contributed by atoms with Gasteiger partial charge in [0.05, 0.1) is 13.2 Å². The van der Waals surface area contributed by atoms with Crippen LogP contribution in [0.3, 0.4) is 0 Å². The molecule has 0 saturated carbocycles. The number of fused-ring (bicyclic) bond motifs is 2. The van der Waals surface area contributed by atoms with Crippen molar-refractivity contribution in [2.75, 3.05) is 40.1 Å². The van der Waals surface area contributed by atoms with Gasteiger partial charge in [0, 0.05) is 36.2 Å². The molecule has 0 fully saturated rings. The van der Waals surface area contributed by atoms with Crippen LogP contribution < -0.4 is 10.5 Å². The molecule has 0 aliphatic carbocycles. The van der Waals surface area contributed by atoms with Gasteiger partial charge < -0.3 is 24.7 Å². The highest BCUT2D eigenvalue weighted by molar-refractivity contribution is 5.75. The Hall–Kier alpha value is -3.08. The van der Waals surface area contributed by atoms with Gasteiger partial charge in [0.1, 0.15) is 25.6 Å². The van der Waals surface area contributed by atoms with Gasteiger partial charge in [0.2, 0.25) is 0 Å². The van der Waals surface area contributed by atoms with Crippen LogP contribution >= 0.6 is 0 Å². The van der Waals surface area contributed by atoms with Gasteiger partial charge in [-0.15, -0.1) is 0 Å². The highest BCUT2D eigenvalue weighted by Gasteiger charge is 2.41. The van der Waals surface area contributed by atoms with Crippen molar-refractivity contribution in [3.8, 4) is 28.7 Å². The zero-order chi connectivity index (χ0) is 19.4. The van der Waals surface area contributed by atoms with Gasteiger partial charge in [-0.3, -0.25) is 4.98 Å². The van der Waals surface area contributed by atoms with Crippen molar-refractivity contribution in [3.05, 3.63) is 47.8 Å². The number of rotatable bonds is 2. The topological polar surface area (TPSA) is 88.2 Å². The Morgan fingerprint density at radius 3 is 2.89 bits per heavy atom. The highest BCUT2D eigenvalue weighted by atomic mass is 16.5. The Bertz CT molecular complexity index is 964. The monoisotopic (exact) mass is 379 g/mol. The fourth-order valence-corrected chi connectivity index (χ4v) is 3.29. The summed E-state index contributed by atoms with van der Waals surface area (Å²) in [5.41, 5.74) is 8.74. The van der Waals surface area contributed by atoms with Crippen molar-refractivity contribution >= 4 is 6.02 Å². The molecule has 0 bridgehead atoms. The van der Waals surface area contributed by atoms with Gasteiger partial charge in [-0.2, -0.15) is 0 Å². The lowest BCUT2D eigenvalue weighted by atomic mass is 9.89. The smallest absolute Gasteiger partial charge is 0.283 e. The molecular weight excluding hydrogens is 358 g/mol. The predicted octanol–water partition coefficient (Wildman–Crippen LogP) is 1.70. The average Bonchev–Trinajstić information content (AvgIpc) is 3.09. The minimum Gasteiger partial charge on any atom is -0.491 e. The van der Waals surface area contributed by atoms with Crippen LogP contribution in [0, 0.1) is 11.8 Å². The minimum atomic E-state index is -0.709. The van der Waals surface area contributed by atoms with Gasteiger partial charge in [0.25, 0.3) is 6.02 Å². The molecule has 7 heteroatoms. The summed E-state index contributed by atoms with van der Waals surface area (Å²) in [4.78, 5) is 8.85. The van der Waals surface area contributed by atoms with E-state index in [1.165, 1.54) is 0 Å². The summed E-state index contributed by atoms with van der Waals surface area (Å²) in [6.07, 6.45) is 3.53. The first-order valence-electron chi connectivity index (χ1n) is 8.97. The second-order valence-corrected chi connectivity index (χ2v) is 6.58. The van der Waals surface area contributed by atoms with Gasteiger partial charge in [-0.25, -0.2) is 4.99 Å². The molecule has 1 spiro atoms. The highest BCUT2D eigenvalue weighted by Crippen LogP contribution is 2.40. The number of ether oxygens (including phenoxy) is 4. The van der Waals surface area contributed by atoms with Crippen molar-refractivity contribution in [1.29, 1.82) is 0 Å². The lowest BCUT2D eigenvalue weighted by molar-refractivity contribution is 0.0405. The number of amidine groups is 1. The van der Waals surface area contributed by atoms with Crippen LogP contribution in [0.25, 0.3) is 11.1 Å². The van der Waals surface area contributed by atoms with E-state index in [9.17, 15) is 0 Å². The van der Waals surface area contributed by atoms with E-state index in [0.717, 1.165) is 28.0 Å². The van der Waals surface area contributed by atoms with E-state index >= 15 is 0 Å². The molecule has 2 aromatic rings. The predicted molar refractivity (Wildman–Crippen MR) is 104 cm³/mol. The molecule has 0 saturated heterocycles. The second kappa shape index (κ2) is 7.89. The summed E-state index contributed by atoms with van der Waals surface area (Å²) >= 11 is 0. The van der Waals surface area contributed by atoms with E-state index in [1.54, 1.807) is 19.5 Å². The van der Waals surface area contributed by atoms with Gasteiger partial charge in [-0.1, -0.05) is 17.9 Å². The average molecular weight is 379 g/mol. The van der Waals surface area contributed by atoms with Crippen LogP contribution in [0.15, 0.2) is 41.7 Å². The Morgan fingerprint density at radius 1 is 1.14 bits per heavy atom. The fraction of sp³-hybridized carbons (Fsp3) is 0.333. The van der Waals surface area contributed by atoms with Crippen LogP contribution in [0.4, 0.5) is 0 Å². The minimum absolute atomic E-state index is 0.164. The molecule has 28 heavy (non-hydrogen) atoms. The molecule has 2 aliphatic heterocycles. The summed E-state index contributed by atoms with van der Waals surface area (Å²) in [6.45, 7) is 2.05. The van der Waals surface area contributed by atoms with Gasteiger partial charge in [0.15, 0.2) is 5.54 Å². The van der Waals surface area contributed by atoms with E-state index in [4.69, 9.17) is 24.7 Å². The van der Waals surface area contributed by atoms with Crippen molar-refractivity contribution in [3.63, 3.8) is 0 Å². The number of hydrogen-bond donors (Lipinski definition) is 1. The number of benzene rings is 1. The molecule has 0 radical (unpaired) electrons. The Kier molecular flexibility index (Phi) is 5.15. The van der Waals surface area contributed by atoms with Crippen LogP contribution in [-0.2, 0) is 19.7 Å². The molecule has 2 N–H and O–H groups in total. The number of nitrogens with two attached hydrogens (primary N) is 1. The van der Waals surface area contributed by atoms with Crippen LogP contribution in [0.2, 0.25) is 0 Å². The summed E-state index contributed by atoms with van der Waals surface area (Å²) in [5, 5.41) is 0. The molecular formula is C21H21N3O4. The Labute approximate surface area is 163 Å². The molecule has 4 rings (SSSR count). The van der Waals surface area contributed by atoms with Gasteiger partial charge in [-0.05, 0) is 23.8 Å². The first-order valence-corrected chi connectivity index (χ1v) is 8.97. The summed E-state index contributed by atoms with van der Waals surface area (Å²) in [5.74, 6) is 6.75. The standard InChI is InChI=1S/C21H21N3O4/c1-25-6-2-3-15-9-17(12-23-11-15)16-4-5-19-18(10-16)21(13-26-7-8-27-19)14-28-20(22)24-21/h4-5,9-12H,6-8,13-14H2,1H3,(H2,22,24). The van der Waals surface area contributed by atoms with E-state index in [1.807, 2.05) is 24.3 Å². The summed E-state index contributed by atoms with van der Waals surface area (Å²) in [6, 6.07) is 8.15. The van der Waals surface area contributed by atoms with Crippen LogP contribution in [-0.4, -0.2) is 51.1 Å². The zero-order valence-electron chi connectivity index (χ0n) is 15.6. The first-order chi connectivity index (χ1) is 13.7. The van der Waals surface area contributed by atoms with Crippen molar-refractivity contribution in [1.82, 2.24) is 4.98 Å². The Morgan fingerprint density at radius 2 is 2.07 bits per heavy atom.